The van der Waals surface area contributed by atoms with Crippen LogP contribution in [0.15, 0.2) is 143 Å². The Morgan fingerprint density at radius 2 is 0.951 bits per heavy atom. The van der Waals surface area contributed by atoms with E-state index in [2.05, 4.69) is 20.8 Å². The quantitative estimate of drug-likeness (QED) is 0.0388. The van der Waals surface area contributed by atoms with Crippen LogP contribution < -0.4 is 43.9 Å². The lowest BCUT2D eigenvalue weighted by atomic mass is 9.71. The number of ether oxygens (including phenoxy) is 2. The highest BCUT2D eigenvalue weighted by atomic mass is 32.2. The van der Waals surface area contributed by atoms with Crippen LogP contribution in [0.2, 0.25) is 0 Å². The third kappa shape index (κ3) is 16.8. The second-order valence-corrected chi connectivity index (χ2v) is 24.5. The molecule has 6 aromatic rings. The summed E-state index contributed by atoms with van der Waals surface area (Å²) in [5.41, 5.74) is 29.2. The van der Waals surface area contributed by atoms with Crippen LogP contribution in [-0.2, 0) is 15.3 Å². The molecule has 11 nitrogen and oxygen atoms in total. The molecule has 13 N–H and O–H groups in total. The number of halogens is 6. The molecular weight excluding hydrogens is 1070 g/mol. The number of benzene rings is 6. The predicted octanol–water partition coefficient (Wildman–Crippen LogP) is 14.7. The Labute approximate surface area is 473 Å². The second-order valence-electron chi connectivity index (χ2n) is 22.5. The lowest BCUT2D eigenvalue weighted by Crippen LogP contribution is -2.54. The fraction of sp³-hybridized carbons (Fsp3) is 0.429. The van der Waals surface area contributed by atoms with E-state index < -0.39 is 50.2 Å². The SMILES string of the molecule is CC1CC(CC2CCC(N)C(C)C2)CCC1N.CC1CCCC(N)C1.Cc1ccc(C(c2ccc(O)c(N)c2)(C(F)(F)F)C(F)(F)F)cc1N.Cc1ccc(Oc2ccc(S(=O)(=O)c3ccc(Oc4ccc(N)cc4)cc3)cc2)cc1. The van der Waals surface area contributed by atoms with E-state index in [4.69, 9.17) is 43.9 Å². The summed E-state index contributed by atoms with van der Waals surface area (Å²) in [4.78, 5) is 0.375. The lowest BCUT2D eigenvalue weighted by Gasteiger charge is -2.38. The Kier molecular flexibility index (Phi) is 21.7. The van der Waals surface area contributed by atoms with Crippen molar-refractivity contribution in [2.75, 3.05) is 17.2 Å². The molecule has 0 aromatic heterocycles. The third-order valence-electron chi connectivity index (χ3n) is 16.0. The first-order valence-corrected chi connectivity index (χ1v) is 29.1. The number of aryl methyl sites for hydroxylation is 2. The van der Waals surface area contributed by atoms with E-state index in [-0.39, 0.29) is 15.5 Å². The molecule has 9 rings (SSSR count). The number of sulfone groups is 1. The van der Waals surface area contributed by atoms with Crippen molar-refractivity contribution in [1.82, 2.24) is 0 Å². The molecule has 0 aliphatic heterocycles. The largest absolute Gasteiger partial charge is 0.506 e. The smallest absolute Gasteiger partial charge is 0.411 e. The highest BCUT2D eigenvalue weighted by Gasteiger charge is 2.72. The van der Waals surface area contributed by atoms with Gasteiger partial charge in [-0.25, -0.2) is 8.42 Å². The molecule has 0 saturated heterocycles. The van der Waals surface area contributed by atoms with E-state index >= 15 is 0 Å². The molecule has 3 aliphatic carbocycles. The number of rotatable bonds is 10. The van der Waals surface area contributed by atoms with Gasteiger partial charge in [-0.2, -0.15) is 26.3 Å². The predicted molar refractivity (Wildman–Crippen MR) is 311 cm³/mol. The number of aromatic hydroxyl groups is 1. The minimum atomic E-state index is -5.74. The summed E-state index contributed by atoms with van der Waals surface area (Å²) in [6, 6.07) is 32.9. The molecule has 440 valence electrons. The maximum Gasteiger partial charge on any atom is 0.411 e. The van der Waals surface area contributed by atoms with E-state index in [1.54, 1.807) is 48.5 Å². The van der Waals surface area contributed by atoms with E-state index in [0.717, 1.165) is 47.3 Å². The van der Waals surface area contributed by atoms with Crippen molar-refractivity contribution in [3.8, 4) is 28.7 Å². The number of phenols is 1. The van der Waals surface area contributed by atoms with Crippen molar-refractivity contribution < 1.29 is 49.3 Å². The Balaban J connectivity index is 0.000000189. The molecule has 0 bridgehead atoms. The molecule has 6 aromatic carbocycles. The van der Waals surface area contributed by atoms with Crippen LogP contribution in [-0.4, -0.2) is 44.0 Å². The van der Waals surface area contributed by atoms with Gasteiger partial charge in [0, 0.05) is 29.5 Å². The summed E-state index contributed by atoms with van der Waals surface area (Å²) < 4.78 is 120. The van der Waals surface area contributed by atoms with Gasteiger partial charge in [-0.05, 0) is 221 Å². The van der Waals surface area contributed by atoms with Crippen molar-refractivity contribution in [2.45, 2.75) is 151 Å². The first-order chi connectivity index (χ1) is 38.1. The molecule has 3 aliphatic rings. The van der Waals surface area contributed by atoms with Crippen LogP contribution >= 0.6 is 0 Å². The van der Waals surface area contributed by atoms with Crippen LogP contribution in [0.25, 0.3) is 0 Å². The van der Waals surface area contributed by atoms with Gasteiger partial charge in [-0.1, -0.05) is 69.5 Å². The standard InChI is InChI=1S/C25H21NO4S.C16H14F6N2O.C15H30N2.C7H15N/c1-18-2-6-20(7-3-18)29-22-10-14-24(15-11-22)31(27,28)25-16-12-23(13-17-25)30-21-8-4-19(26)5-9-21;1-8-2-3-9(6-11(8)23)14(15(17,18)19,16(20,21)22)10-4-5-13(25)12(24)7-10;1-10-7-12(3-5-14(10)16)9-13-4-6-15(17)11(2)8-13;1-6-3-2-4-7(8)5-6/h2-17H,26H2,1H3;2-7,25H,23-24H2,1H3;10-15H,3-9,16-17H2,1-2H3;6-7H,2-5,8H2,1H3. The van der Waals surface area contributed by atoms with Crippen LogP contribution in [0.5, 0.6) is 28.7 Å². The minimum absolute atomic E-state index is 0.185. The van der Waals surface area contributed by atoms with Gasteiger partial charge in [-0.3, -0.25) is 0 Å². The average Bonchev–Trinajstić information content (AvgIpc) is 3.51. The number of nitrogens with two attached hydrogens (primary N) is 6. The van der Waals surface area contributed by atoms with Gasteiger partial charge >= 0.3 is 12.4 Å². The summed E-state index contributed by atoms with van der Waals surface area (Å²) in [5.74, 6) is 6.03. The topological polar surface area (TPSA) is 229 Å². The zero-order valence-corrected chi connectivity index (χ0v) is 47.6. The fourth-order valence-corrected chi connectivity index (χ4v) is 12.3. The second kappa shape index (κ2) is 27.5. The summed E-state index contributed by atoms with van der Waals surface area (Å²) in [7, 11) is -3.66. The zero-order chi connectivity index (χ0) is 59.5. The monoisotopic (exact) mass is 1150 g/mol. The Morgan fingerprint density at radius 3 is 1.33 bits per heavy atom. The van der Waals surface area contributed by atoms with E-state index in [9.17, 15) is 39.9 Å². The van der Waals surface area contributed by atoms with Gasteiger partial charge in [0.25, 0.3) is 0 Å². The molecule has 3 fully saturated rings. The van der Waals surface area contributed by atoms with Gasteiger partial charge in [0.05, 0.1) is 15.5 Å². The van der Waals surface area contributed by atoms with Gasteiger partial charge in [0.15, 0.2) is 0 Å². The van der Waals surface area contributed by atoms with Gasteiger partial charge in [0.2, 0.25) is 15.3 Å². The maximum atomic E-state index is 13.8. The summed E-state index contributed by atoms with van der Waals surface area (Å²) in [5, 5.41) is 9.36. The van der Waals surface area contributed by atoms with E-state index in [1.807, 2.05) is 31.2 Å². The van der Waals surface area contributed by atoms with Crippen LogP contribution in [0.1, 0.15) is 114 Å². The molecule has 0 radical (unpaired) electrons. The molecule has 3 saturated carbocycles. The normalized spacial score (nSPS) is 22.3. The molecule has 18 heteroatoms. The minimum Gasteiger partial charge on any atom is -0.506 e. The number of anilines is 3. The lowest BCUT2D eigenvalue weighted by molar-refractivity contribution is -0.288. The van der Waals surface area contributed by atoms with Crippen molar-refractivity contribution >= 4 is 26.9 Å². The Bertz CT molecular complexity index is 2860. The molecule has 0 amide bonds. The highest BCUT2D eigenvalue weighted by Crippen LogP contribution is 2.57. The fourth-order valence-electron chi connectivity index (χ4n) is 11.0. The van der Waals surface area contributed by atoms with Crippen LogP contribution in [0.4, 0.5) is 43.4 Å². The number of phenolic OH excluding ortho intramolecular Hbond substituents is 1. The van der Waals surface area contributed by atoms with Gasteiger partial charge in [0.1, 0.15) is 28.7 Å². The molecular formula is C63H80F6N6O5S. The highest BCUT2D eigenvalue weighted by molar-refractivity contribution is 7.91. The van der Waals surface area contributed by atoms with Crippen LogP contribution in [0, 0.1) is 43.4 Å². The molecule has 8 unspecified atom stereocenters. The molecule has 81 heavy (non-hydrogen) atoms. The zero-order valence-electron chi connectivity index (χ0n) is 46.8. The van der Waals surface area contributed by atoms with Crippen LogP contribution in [0.3, 0.4) is 0 Å². The molecule has 8 atom stereocenters. The average molecular weight is 1150 g/mol. The molecule has 0 spiro atoms. The number of hydrogen-bond acceptors (Lipinski definition) is 11. The summed E-state index contributed by atoms with van der Waals surface area (Å²) >= 11 is 0. The Hall–Kier alpha value is -6.47. The third-order valence-corrected chi connectivity index (χ3v) is 17.8. The first kappa shape index (κ1) is 63.7. The number of hydrogen-bond donors (Lipinski definition) is 7. The molecule has 0 heterocycles. The van der Waals surface area contributed by atoms with E-state index in [0.29, 0.717) is 76.6 Å². The van der Waals surface area contributed by atoms with Crippen molar-refractivity contribution in [3.05, 3.63) is 156 Å². The van der Waals surface area contributed by atoms with E-state index in [1.165, 1.54) is 102 Å². The van der Waals surface area contributed by atoms with Gasteiger partial charge < -0.3 is 49.0 Å². The number of alkyl halides is 6. The van der Waals surface area contributed by atoms with Crippen molar-refractivity contribution in [1.29, 1.82) is 0 Å². The number of nitrogen functional groups attached to an aromatic ring is 3. The first-order valence-electron chi connectivity index (χ1n) is 27.7. The maximum absolute atomic E-state index is 13.8. The summed E-state index contributed by atoms with van der Waals surface area (Å²) in [6.45, 7) is 10.4. The van der Waals surface area contributed by atoms with Crippen molar-refractivity contribution in [3.63, 3.8) is 0 Å². The Morgan fingerprint density at radius 1 is 0.531 bits per heavy atom. The van der Waals surface area contributed by atoms with Crippen molar-refractivity contribution in [2.24, 2.45) is 46.8 Å². The van der Waals surface area contributed by atoms with Gasteiger partial charge in [-0.15, -0.1) is 0 Å². The summed E-state index contributed by atoms with van der Waals surface area (Å²) in [6.07, 6.45) is 3.14.